The van der Waals surface area contributed by atoms with Gasteiger partial charge in [-0.25, -0.2) is 14.4 Å². The van der Waals surface area contributed by atoms with E-state index in [-0.39, 0.29) is 18.7 Å². The number of benzene rings is 2. The molecule has 11 heteroatoms. The Labute approximate surface area is 220 Å². The van der Waals surface area contributed by atoms with Gasteiger partial charge in [0.2, 0.25) is 0 Å². The average Bonchev–Trinajstić information content (AvgIpc) is 3.28. The number of amides is 2. The maximum atomic E-state index is 13.5. The average molecular weight is 521 g/mol. The summed E-state index contributed by atoms with van der Waals surface area (Å²) >= 11 is 0. The third-order valence-corrected chi connectivity index (χ3v) is 5.96. The van der Waals surface area contributed by atoms with E-state index in [1.165, 1.54) is 4.90 Å². The highest BCUT2D eigenvalue weighted by Crippen LogP contribution is 2.27. The molecule has 2 aromatic carbocycles. The summed E-state index contributed by atoms with van der Waals surface area (Å²) in [6, 6.07) is 15.2. The Balaban J connectivity index is 1.52. The fourth-order valence-electron chi connectivity index (χ4n) is 4.18. The topological polar surface area (TPSA) is 112 Å². The first-order valence-electron chi connectivity index (χ1n) is 12.4. The van der Waals surface area contributed by atoms with Crippen molar-refractivity contribution < 1.29 is 19.1 Å². The summed E-state index contributed by atoms with van der Waals surface area (Å²) < 4.78 is 13.2. The molecule has 38 heavy (non-hydrogen) atoms. The fourth-order valence-corrected chi connectivity index (χ4v) is 4.18. The molecule has 1 aliphatic rings. The van der Waals surface area contributed by atoms with E-state index in [1.54, 1.807) is 47.4 Å². The molecule has 4 rings (SSSR count). The molecule has 2 amide bonds. The van der Waals surface area contributed by atoms with E-state index in [0.717, 1.165) is 9.36 Å². The number of aromatic nitrogens is 4. The molecule has 0 N–H and O–H groups in total. The Kier molecular flexibility index (Phi) is 7.94. The minimum absolute atomic E-state index is 0.211. The molecule has 0 radical (unpaired) electrons. The lowest BCUT2D eigenvalue weighted by Gasteiger charge is -2.38. The number of ether oxygens (including phenoxy) is 2. The molecule has 2 heterocycles. The molecule has 1 aliphatic heterocycles. The van der Waals surface area contributed by atoms with Crippen LogP contribution in [0.2, 0.25) is 0 Å². The predicted molar refractivity (Wildman–Crippen MR) is 141 cm³/mol. The smallest absolute Gasteiger partial charge is 0.410 e. The molecule has 3 aromatic rings. The van der Waals surface area contributed by atoms with Crippen LogP contribution in [0.25, 0.3) is 5.69 Å². The molecule has 0 saturated carbocycles. The molecule has 0 unspecified atom stereocenters. The van der Waals surface area contributed by atoms with Gasteiger partial charge in [-0.1, -0.05) is 36.4 Å². The number of likely N-dealkylation sites (tertiary alicyclic amines) is 1. The monoisotopic (exact) mass is 520 g/mol. The number of carbonyl (C=O) groups is 2. The first kappa shape index (κ1) is 26.6. The van der Waals surface area contributed by atoms with Crippen LogP contribution in [0.5, 0.6) is 11.5 Å². The Bertz CT molecular complexity index is 1340. The van der Waals surface area contributed by atoms with E-state index >= 15 is 0 Å². The van der Waals surface area contributed by atoms with Crippen LogP contribution in [0.1, 0.15) is 33.6 Å². The second-order valence-corrected chi connectivity index (χ2v) is 9.89. The van der Waals surface area contributed by atoms with E-state index in [9.17, 15) is 14.4 Å². The van der Waals surface area contributed by atoms with Gasteiger partial charge >= 0.3 is 17.8 Å². The molecular weight excluding hydrogens is 488 g/mol. The number of piperidine rings is 1. The van der Waals surface area contributed by atoms with Gasteiger partial charge in [-0.2, -0.15) is 4.68 Å². The molecule has 0 aliphatic carbocycles. The fraction of sp³-hybridized carbons (Fsp3) is 0.370. The van der Waals surface area contributed by atoms with Gasteiger partial charge in [0.25, 0.3) is 0 Å². The van der Waals surface area contributed by atoms with Crippen molar-refractivity contribution in [1.29, 1.82) is 0 Å². The quantitative estimate of drug-likeness (QED) is 0.356. The Morgan fingerprint density at radius 3 is 2.37 bits per heavy atom. The van der Waals surface area contributed by atoms with Crippen molar-refractivity contribution in [3.05, 3.63) is 77.7 Å². The van der Waals surface area contributed by atoms with E-state index in [4.69, 9.17) is 9.47 Å². The number of para-hydroxylation sites is 3. The lowest BCUT2D eigenvalue weighted by molar-refractivity contribution is 0.0167. The summed E-state index contributed by atoms with van der Waals surface area (Å²) in [5.41, 5.74) is -0.961. The van der Waals surface area contributed by atoms with Crippen molar-refractivity contribution >= 4 is 12.1 Å². The molecule has 1 saturated heterocycles. The number of tetrazole rings is 1. The van der Waals surface area contributed by atoms with Crippen molar-refractivity contribution in [1.82, 2.24) is 29.6 Å². The standard InChI is InChI=1S/C27H32N6O5/c1-5-17-31(20-15-18-30(19-16-20)26(36)38-27(2,3)4)24(34)33-25(35)32(28-29-33)22-13-9-10-14-23(22)37-21-11-7-6-8-12-21/h5-14,20H,1,15-19H2,2-4H3. The second-order valence-electron chi connectivity index (χ2n) is 9.89. The van der Waals surface area contributed by atoms with Gasteiger partial charge in [0, 0.05) is 25.7 Å². The van der Waals surface area contributed by atoms with Crippen molar-refractivity contribution in [3.8, 4) is 17.2 Å². The zero-order valence-electron chi connectivity index (χ0n) is 21.8. The summed E-state index contributed by atoms with van der Waals surface area (Å²) in [5.74, 6) is 0.976. The third kappa shape index (κ3) is 6.10. The van der Waals surface area contributed by atoms with Gasteiger partial charge in [-0.05, 0) is 68.3 Å². The maximum absolute atomic E-state index is 13.5. The number of hydrogen-bond donors (Lipinski definition) is 0. The second kappa shape index (κ2) is 11.3. The minimum Gasteiger partial charge on any atom is -0.455 e. The van der Waals surface area contributed by atoms with E-state index in [0.29, 0.717) is 43.1 Å². The Hall–Kier alpha value is -4.41. The van der Waals surface area contributed by atoms with Gasteiger partial charge in [0.15, 0.2) is 5.75 Å². The zero-order chi connectivity index (χ0) is 27.3. The summed E-state index contributed by atoms with van der Waals surface area (Å²) in [7, 11) is 0. The molecule has 0 atom stereocenters. The minimum atomic E-state index is -0.723. The molecule has 1 fully saturated rings. The van der Waals surface area contributed by atoms with Crippen LogP contribution >= 0.6 is 0 Å². The van der Waals surface area contributed by atoms with Crippen molar-refractivity contribution in [2.24, 2.45) is 0 Å². The van der Waals surface area contributed by atoms with Crippen LogP contribution in [0.15, 0.2) is 72.0 Å². The SMILES string of the molecule is C=CCN(C(=O)n1nnn(-c2ccccc2Oc2ccccc2)c1=O)C1CCN(C(=O)OC(C)(C)C)CC1. The van der Waals surface area contributed by atoms with E-state index < -0.39 is 17.3 Å². The molecular formula is C27H32N6O5. The van der Waals surface area contributed by atoms with Crippen LogP contribution < -0.4 is 10.4 Å². The van der Waals surface area contributed by atoms with Crippen LogP contribution in [-0.2, 0) is 4.74 Å². The molecule has 1 aromatic heterocycles. The lowest BCUT2D eigenvalue weighted by atomic mass is 10.0. The van der Waals surface area contributed by atoms with Crippen LogP contribution in [0, 0.1) is 0 Å². The Morgan fingerprint density at radius 1 is 1.05 bits per heavy atom. The van der Waals surface area contributed by atoms with Gasteiger partial charge in [-0.15, -0.1) is 11.3 Å². The van der Waals surface area contributed by atoms with Gasteiger partial charge < -0.3 is 19.3 Å². The predicted octanol–water partition coefficient (Wildman–Crippen LogP) is 4.08. The highest BCUT2D eigenvalue weighted by atomic mass is 16.6. The number of carbonyl (C=O) groups excluding carboxylic acids is 2. The maximum Gasteiger partial charge on any atom is 0.410 e. The number of rotatable bonds is 6. The largest absolute Gasteiger partial charge is 0.455 e. The zero-order valence-corrected chi connectivity index (χ0v) is 21.8. The van der Waals surface area contributed by atoms with E-state index in [1.807, 2.05) is 39.0 Å². The number of hydrogen-bond acceptors (Lipinski definition) is 7. The third-order valence-electron chi connectivity index (χ3n) is 5.96. The number of nitrogens with zero attached hydrogens (tertiary/aromatic N) is 6. The van der Waals surface area contributed by atoms with Crippen LogP contribution in [0.4, 0.5) is 9.59 Å². The van der Waals surface area contributed by atoms with Gasteiger partial charge in [0.1, 0.15) is 17.0 Å². The normalized spacial score (nSPS) is 14.1. The first-order valence-corrected chi connectivity index (χ1v) is 12.4. The van der Waals surface area contributed by atoms with Crippen LogP contribution in [-0.4, -0.2) is 73.0 Å². The molecule has 0 spiro atoms. The van der Waals surface area contributed by atoms with Gasteiger partial charge in [0.05, 0.1) is 0 Å². The Morgan fingerprint density at radius 2 is 1.71 bits per heavy atom. The molecule has 200 valence electrons. The molecule has 11 nitrogen and oxygen atoms in total. The summed E-state index contributed by atoms with van der Waals surface area (Å²) in [6.07, 6.45) is 2.26. The summed E-state index contributed by atoms with van der Waals surface area (Å²) in [6.45, 7) is 10.3. The lowest BCUT2D eigenvalue weighted by Crippen LogP contribution is -2.52. The van der Waals surface area contributed by atoms with Crippen molar-refractivity contribution in [2.45, 2.75) is 45.3 Å². The first-order chi connectivity index (χ1) is 18.2. The van der Waals surface area contributed by atoms with Crippen LogP contribution in [0.3, 0.4) is 0 Å². The highest BCUT2D eigenvalue weighted by Gasteiger charge is 2.33. The van der Waals surface area contributed by atoms with Gasteiger partial charge in [-0.3, -0.25) is 0 Å². The van der Waals surface area contributed by atoms with Crippen molar-refractivity contribution in [2.75, 3.05) is 19.6 Å². The highest BCUT2D eigenvalue weighted by molar-refractivity contribution is 5.76. The molecule has 0 bridgehead atoms. The summed E-state index contributed by atoms with van der Waals surface area (Å²) in [4.78, 5) is 42.3. The summed E-state index contributed by atoms with van der Waals surface area (Å²) in [5, 5.41) is 7.83. The van der Waals surface area contributed by atoms with E-state index in [2.05, 4.69) is 17.0 Å². The van der Waals surface area contributed by atoms with Crippen molar-refractivity contribution in [3.63, 3.8) is 0 Å².